The zero-order valence-corrected chi connectivity index (χ0v) is 13.5. The highest BCUT2D eigenvalue weighted by Gasteiger charge is 2.23. The fraction of sp³-hybridized carbons (Fsp3) is 0.444. The molecule has 1 aliphatic rings. The summed E-state index contributed by atoms with van der Waals surface area (Å²) < 4.78 is 0. The summed E-state index contributed by atoms with van der Waals surface area (Å²) in [7, 11) is 0. The van der Waals surface area contributed by atoms with Crippen LogP contribution in [-0.2, 0) is 0 Å². The highest BCUT2D eigenvalue weighted by atomic mass is 16.2. The predicted molar refractivity (Wildman–Crippen MR) is 87.8 cm³/mol. The molecule has 116 valence electrons. The average Bonchev–Trinajstić information content (AvgIpc) is 2.99. The molecule has 1 aliphatic heterocycles. The van der Waals surface area contributed by atoms with Crippen LogP contribution >= 0.6 is 0 Å². The van der Waals surface area contributed by atoms with Crippen LogP contribution in [0.1, 0.15) is 41.4 Å². The number of amides is 1. The van der Waals surface area contributed by atoms with E-state index in [0.717, 1.165) is 30.8 Å². The largest absolute Gasteiger partial charge is 0.337 e. The van der Waals surface area contributed by atoms with Crippen molar-refractivity contribution in [3.63, 3.8) is 0 Å². The number of likely N-dealkylation sites (tertiary alicyclic amines) is 1. The van der Waals surface area contributed by atoms with Crippen molar-refractivity contribution in [1.29, 1.82) is 0 Å². The third-order valence-corrected chi connectivity index (χ3v) is 4.56. The third kappa shape index (κ3) is 2.91. The number of aromatic amines is 1. The van der Waals surface area contributed by atoms with Gasteiger partial charge in [-0.1, -0.05) is 19.1 Å². The Morgan fingerprint density at radius 2 is 2.09 bits per heavy atom. The number of carbonyl (C=O) groups excluding carboxylic acids is 1. The van der Waals surface area contributed by atoms with Gasteiger partial charge in [0.1, 0.15) is 5.69 Å². The molecule has 4 nitrogen and oxygen atoms in total. The van der Waals surface area contributed by atoms with Gasteiger partial charge in [-0.15, -0.1) is 0 Å². The van der Waals surface area contributed by atoms with Crippen molar-refractivity contribution < 1.29 is 4.79 Å². The number of nitrogens with zero attached hydrogens (tertiary/aromatic N) is 2. The first-order valence-corrected chi connectivity index (χ1v) is 7.97. The van der Waals surface area contributed by atoms with E-state index in [1.165, 1.54) is 17.5 Å². The molecule has 1 atom stereocenters. The van der Waals surface area contributed by atoms with E-state index in [1.807, 2.05) is 11.0 Å². The monoisotopic (exact) mass is 297 g/mol. The minimum Gasteiger partial charge on any atom is -0.337 e. The van der Waals surface area contributed by atoms with Crippen LogP contribution in [0.25, 0.3) is 11.3 Å². The van der Waals surface area contributed by atoms with E-state index in [1.54, 1.807) is 0 Å². The van der Waals surface area contributed by atoms with Gasteiger partial charge in [-0.25, -0.2) is 0 Å². The summed E-state index contributed by atoms with van der Waals surface area (Å²) >= 11 is 0. The molecule has 0 unspecified atom stereocenters. The maximum Gasteiger partial charge on any atom is 0.271 e. The van der Waals surface area contributed by atoms with Gasteiger partial charge in [-0.2, -0.15) is 5.10 Å². The van der Waals surface area contributed by atoms with E-state index in [-0.39, 0.29) is 5.91 Å². The van der Waals surface area contributed by atoms with Crippen LogP contribution in [0.15, 0.2) is 24.3 Å². The number of nitrogens with one attached hydrogen (secondary N) is 1. The Bertz CT molecular complexity index is 689. The van der Waals surface area contributed by atoms with Crippen LogP contribution in [-0.4, -0.2) is 34.1 Å². The smallest absolute Gasteiger partial charge is 0.271 e. The standard InChI is InChI=1S/C18H23N3O/c1-12-5-4-8-21(11-12)18(22)17-10-16(19-20-17)15-7-6-13(2)14(3)9-15/h6-7,9-10,12H,4-5,8,11H2,1-3H3,(H,19,20)/t12-/m0/s1. The normalized spacial score (nSPS) is 18.5. The van der Waals surface area contributed by atoms with Crippen LogP contribution in [0.4, 0.5) is 0 Å². The minimum absolute atomic E-state index is 0.0640. The molecule has 0 saturated carbocycles. The van der Waals surface area contributed by atoms with Crippen LogP contribution in [0.3, 0.4) is 0 Å². The molecule has 1 saturated heterocycles. The van der Waals surface area contributed by atoms with Crippen LogP contribution in [0.2, 0.25) is 0 Å². The van der Waals surface area contributed by atoms with Gasteiger partial charge in [-0.3, -0.25) is 9.89 Å². The molecule has 3 rings (SSSR count). The van der Waals surface area contributed by atoms with Gasteiger partial charge < -0.3 is 4.90 Å². The molecule has 22 heavy (non-hydrogen) atoms. The maximum atomic E-state index is 12.6. The topological polar surface area (TPSA) is 49.0 Å². The number of benzene rings is 1. The summed E-state index contributed by atoms with van der Waals surface area (Å²) in [4.78, 5) is 14.5. The fourth-order valence-electron chi connectivity index (χ4n) is 3.02. The molecule has 1 aromatic heterocycles. The van der Waals surface area contributed by atoms with Gasteiger partial charge in [0.2, 0.25) is 0 Å². The Morgan fingerprint density at radius 1 is 1.27 bits per heavy atom. The van der Waals surface area contributed by atoms with Crippen molar-refractivity contribution in [2.45, 2.75) is 33.6 Å². The lowest BCUT2D eigenvalue weighted by molar-refractivity contribution is 0.0677. The molecule has 1 amide bonds. The fourth-order valence-corrected chi connectivity index (χ4v) is 3.02. The zero-order chi connectivity index (χ0) is 15.7. The van der Waals surface area contributed by atoms with Crippen molar-refractivity contribution in [2.24, 2.45) is 5.92 Å². The summed E-state index contributed by atoms with van der Waals surface area (Å²) in [6, 6.07) is 8.12. The quantitative estimate of drug-likeness (QED) is 0.921. The number of hydrogen-bond acceptors (Lipinski definition) is 2. The van der Waals surface area contributed by atoms with E-state index in [0.29, 0.717) is 11.6 Å². The van der Waals surface area contributed by atoms with Crippen molar-refractivity contribution in [3.05, 3.63) is 41.1 Å². The lowest BCUT2D eigenvalue weighted by atomic mass is 10.00. The second-order valence-corrected chi connectivity index (χ2v) is 6.46. The highest BCUT2D eigenvalue weighted by Crippen LogP contribution is 2.22. The molecule has 4 heteroatoms. The molecule has 0 bridgehead atoms. The lowest BCUT2D eigenvalue weighted by Crippen LogP contribution is -2.39. The van der Waals surface area contributed by atoms with Crippen molar-refractivity contribution in [1.82, 2.24) is 15.1 Å². The number of piperidine rings is 1. The molecular formula is C18H23N3O. The molecule has 0 aliphatic carbocycles. The molecule has 1 fully saturated rings. The van der Waals surface area contributed by atoms with Crippen molar-refractivity contribution in [3.8, 4) is 11.3 Å². The van der Waals surface area contributed by atoms with E-state index < -0.39 is 0 Å². The number of H-pyrrole nitrogens is 1. The van der Waals surface area contributed by atoms with Gasteiger partial charge in [0, 0.05) is 18.7 Å². The summed E-state index contributed by atoms with van der Waals surface area (Å²) in [5.74, 6) is 0.647. The van der Waals surface area contributed by atoms with E-state index in [4.69, 9.17) is 0 Å². The SMILES string of the molecule is Cc1ccc(-c2cc(C(=O)N3CCC[C@H](C)C3)[nH]n2)cc1C. The average molecular weight is 297 g/mol. The number of carbonyl (C=O) groups is 1. The number of rotatable bonds is 2. The Morgan fingerprint density at radius 3 is 2.82 bits per heavy atom. The number of aryl methyl sites for hydroxylation is 2. The molecule has 2 aromatic rings. The Balaban J connectivity index is 1.81. The van der Waals surface area contributed by atoms with E-state index in [9.17, 15) is 4.79 Å². The molecule has 1 N–H and O–H groups in total. The highest BCUT2D eigenvalue weighted by molar-refractivity contribution is 5.93. The van der Waals surface area contributed by atoms with Gasteiger partial charge in [-0.05, 0) is 55.9 Å². The molecule has 1 aromatic carbocycles. The van der Waals surface area contributed by atoms with Crippen LogP contribution in [0.5, 0.6) is 0 Å². The predicted octanol–water partition coefficient (Wildman–Crippen LogP) is 3.57. The summed E-state index contributed by atoms with van der Waals surface area (Å²) in [5.41, 5.74) is 4.96. The lowest BCUT2D eigenvalue weighted by Gasteiger charge is -2.30. The first-order chi connectivity index (χ1) is 10.5. The summed E-state index contributed by atoms with van der Waals surface area (Å²) in [6.45, 7) is 8.08. The Kier molecular flexibility index (Phi) is 4.01. The molecular weight excluding hydrogens is 274 g/mol. The Hall–Kier alpha value is -2.10. The molecule has 2 heterocycles. The van der Waals surface area contributed by atoms with Crippen molar-refractivity contribution in [2.75, 3.05) is 13.1 Å². The third-order valence-electron chi connectivity index (χ3n) is 4.56. The van der Waals surface area contributed by atoms with Gasteiger partial charge in [0.15, 0.2) is 0 Å². The first kappa shape index (κ1) is 14.8. The van der Waals surface area contributed by atoms with Gasteiger partial charge in [0.25, 0.3) is 5.91 Å². The molecule has 0 spiro atoms. The maximum absolute atomic E-state index is 12.6. The summed E-state index contributed by atoms with van der Waals surface area (Å²) in [6.07, 6.45) is 2.30. The summed E-state index contributed by atoms with van der Waals surface area (Å²) in [5, 5.41) is 7.23. The van der Waals surface area contributed by atoms with Crippen LogP contribution in [0, 0.1) is 19.8 Å². The van der Waals surface area contributed by atoms with Crippen LogP contribution < -0.4 is 0 Å². The second kappa shape index (κ2) is 5.95. The van der Waals surface area contributed by atoms with E-state index >= 15 is 0 Å². The Labute approximate surface area is 131 Å². The van der Waals surface area contributed by atoms with Gasteiger partial charge >= 0.3 is 0 Å². The second-order valence-electron chi connectivity index (χ2n) is 6.46. The van der Waals surface area contributed by atoms with Crippen molar-refractivity contribution >= 4 is 5.91 Å². The van der Waals surface area contributed by atoms with E-state index in [2.05, 4.69) is 49.2 Å². The first-order valence-electron chi connectivity index (χ1n) is 7.97. The molecule has 0 radical (unpaired) electrons. The number of hydrogen-bond donors (Lipinski definition) is 1. The number of aromatic nitrogens is 2. The zero-order valence-electron chi connectivity index (χ0n) is 13.5. The van der Waals surface area contributed by atoms with Gasteiger partial charge in [0.05, 0.1) is 5.69 Å². The minimum atomic E-state index is 0.0640.